The predicted octanol–water partition coefficient (Wildman–Crippen LogP) is 5.91. The van der Waals surface area contributed by atoms with E-state index in [4.69, 9.17) is 16.0 Å². The Morgan fingerprint density at radius 2 is 1.55 bits per heavy atom. The van der Waals surface area contributed by atoms with Gasteiger partial charge in [-0.1, -0.05) is 60.1 Å². The lowest BCUT2D eigenvalue weighted by Crippen LogP contribution is -1.76. The van der Waals surface area contributed by atoms with Crippen molar-refractivity contribution in [3.63, 3.8) is 0 Å². The second-order valence-corrected chi connectivity index (χ2v) is 5.20. The molecular weight excluding hydrogens is 268 g/mol. The van der Waals surface area contributed by atoms with Gasteiger partial charge in [0.2, 0.25) is 0 Å². The molecule has 0 amide bonds. The Bertz CT molecular complexity index is 907. The van der Waals surface area contributed by atoms with Crippen LogP contribution in [0, 0.1) is 0 Å². The van der Waals surface area contributed by atoms with Crippen LogP contribution in [0.1, 0.15) is 0 Å². The van der Waals surface area contributed by atoms with Gasteiger partial charge in [-0.25, -0.2) is 0 Å². The van der Waals surface area contributed by atoms with Crippen molar-refractivity contribution in [3.8, 4) is 11.1 Å². The molecule has 2 heteroatoms. The Labute approximate surface area is 121 Å². The van der Waals surface area contributed by atoms with Gasteiger partial charge in [-0.15, -0.1) is 0 Å². The highest BCUT2D eigenvalue weighted by atomic mass is 35.5. The number of rotatable bonds is 1. The molecule has 0 radical (unpaired) electrons. The topological polar surface area (TPSA) is 13.1 Å². The highest BCUT2D eigenvalue weighted by Crippen LogP contribution is 2.35. The molecule has 0 saturated heterocycles. The SMILES string of the molecule is Clc1cccc2c1oc1cc(-c3ccccc3)ccc12. The molecule has 20 heavy (non-hydrogen) atoms. The van der Waals surface area contributed by atoms with E-state index in [1.54, 1.807) is 0 Å². The van der Waals surface area contributed by atoms with Gasteiger partial charge in [0, 0.05) is 10.8 Å². The number of halogens is 1. The summed E-state index contributed by atoms with van der Waals surface area (Å²) in [7, 11) is 0. The molecule has 0 spiro atoms. The molecule has 1 aromatic heterocycles. The van der Waals surface area contributed by atoms with E-state index in [1.165, 1.54) is 5.56 Å². The fourth-order valence-corrected chi connectivity index (χ4v) is 2.79. The molecule has 0 bridgehead atoms. The van der Waals surface area contributed by atoms with Crippen molar-refractivity contribution < 1.29 is 4.42 Å². The van der Waals surface area contributed by atoms with Gasteiger partial charge in [0.15, 0.2) is 5.58 Å². The van der Waals surface area contributed by atoms with E-state index < -0.39 is 0 Å². The highest BCUT2D eigenvalue weighted by Gasteiger charge is 2.10. The largest absolute Gasteiger partial charge is 0.454 e. The average Bonchev–Trinajstić information content (AvgIpc) is 2.87. The maximum absolute atomic E-state index is 6.19. The summed E-state index contributed by atoms with van der Waals surface area (Å²) in [4.78, 5) is 0. The zero-order valence-corrected chi connectivity index (χ0v) is 11.4. The fourth-order valence-electron chi connectivity index (χ4n) is 2.57. The molecule has 0 fully saturated rings. The summed E-state index contributed by atoms with van der Waals surface area (Å²) < 4.78 is 5.91. The summed E-state index contributed by atoms with van der Waals surface area (Å²) in [6.45, 7) is 0. The molecule has 0 saturated carbocycles. The third-order valence-corrected chi connectivity index (χ3v) is 3.86. The van der Waals surface area contributed by atoms with Gasteiger partial charge >= 0.3 is 0 Å². The fraction of sp³-hybridized carbons (Fsp3) is 0. The van der Waals surface area contributed by atoms with E-state index in [-0.39, 0.29) is 0 Å². The van der Waals surface area contributed by atoms with Crippen molar-refractivity contribution in [1.82, 2.24) is 0 Å². The third kappa shape index (κ3) is 1.71. The zero-order chi connectivity index (χ0) is 13.5. The molecule has 0 unspecified atom stereocenters. The molecule has 0 aliphatic rings. The molecule has 4 aromatic rings. The lowest BCUT2D eigenvalue weighted by molar-refractivity contribution is 0.669. The van der Waals surface area contributed by atoms with Gasteiger partial charge in [-0.2, -0.15) is 0 Å². The first-order chi connectivity index (χ1) is 9.83. The molecule has 0 N–H and O–H groups in total. The maximum atomic E-state index is 6.19. The standard InChI is InChI=1S/C18H11ClO/c19-16-8-4-7-15-14-10-9-13(11-17(14)20-18(15)16)12-5-2-1-3-6-12/h1-11H. The van der Waals surface area contributed by atoms with Crippen molar-refractivity contribution in [1.29, 1.82) is 0 Å². The first-order valence-corrected chi connectivity index (χ1v) is 6.87. The molecule has 1 heterocycles. The normalized spacial score (nSPS) is 11.2. The molecule has 0 atom stereocenters. The molecular formula is C18H11ClO. The lowest BCUT2D eigenvalue weighted by Gasteiger charge is -2.00. The first kappa shape index (κ1) is 11.6. The number of fused-ring (bicyclic) bond motifs is 3. The predicted molar refractivity (Wildman–Crippen MR) is 84.2 cm³/mol. The van der Waals surface area contributed by atoms with Crippen LogP contribution in [-0.2, 0) is 0 Å². The molecule has 0 aliphatic heterocycles. The van der Waals surface area contributed by atoms with E-state index in [1.807, 2.05) is 36.4 Å². The number of para-hydroxylation sites is 1. The van der Waals surface area contributed by atoms with Crippen LogP contribution in [-0.4, -0.2) is 0 Å². The van der Waals surface area contributed by atoms with E-state index in [9.17, 15) is 0 Å². The van der Waals surface area contributed by atoms with Crippen LogP contribution >= 0.6 is 11.6 Å². The van der Waals surface area contributed by atoms with Crippen molar-refractivity contribution in [3.05, 3.63) is 71.8 Å². The van der Waals surface area contributed by atoms with E-state index >= 15 is 0 Å². The minimum atomic E-state index is 0.653. The van der Waals surface area contributed by atoms with Crippen molar-refractivity contribution >= 4 is 33.5 Å². The molecule has 4 rings (SSSR count). The molecule has 3 aromatic carbocycles. The van der Waals surface area contributed by atoms with Gasteiger partial charge in [0.25, 0.3) is 0 Å². The minimum Gasteiger partial charge on any atom is -0.454 e. The van der Waals surface area contributed by atoms with E-state index in [2.05, 4.69) is 30.3 Å². The Balaban J connectivity index is 2.01. The van der Waals surface area contributed by atoms with Gasteiger partial charge < -0.3 is 4.42 Å². The van der Waals surface area contributed by atoms with Crippen LogP contribution in [0.15, 0.2) is 71.1 Å². The number of hydrogen-bond acceptors (Lipinski definition) is 1. The van der Waals surface area contributed by atoms with Crippen molar-refractivity contribution in [2.45, 2.75) is 0 Å². The average molecular weight is 279 g/mol. The molecule has 96 valence electrons. The number of furan rings is 1. The minimum absolute atomic E-state index is 0.653. The Hall–Kier alpha value is -2.25. The summed E-state index contributed by atoms with van der Waals surface area (Å²) in [6, 6.07) is 22.4. The summed E-state index contributed by atoms with van der Waals surface area (Å²) in [6.07, 6.45) is 0. The zero-order valence-electron chi connectivity index (χ0n) is 10.6. The number of hydrogen-bond donors (Lipinski definition) is 0. The molecule has 0 aliphatic carbocycles. The second-order valence-electron chi connectivity index (χ2n) is 4.80. The van der Waals surface area contributed by atoms with Gasteiger partial charge in [-0.05, 0) is 29.3 Å². The van der Waals surface area contributed by atoms with Crippen molar-refractivity contribution in [2.24, 2.45) is 0 Å². The number of benzene rings is 3. The van der Waals surface area contributed by atoms with Crippen LogP contribution < -0.4 is 0 Å². The van der Waals surface area contributed by atoms with Gasteiger partial charge in [0.1, 0.15) is 5.58 Å². The van der Waals surface area contributed by atoms with E-state index in [0.29, 0.717) is 5.02 Å². The maximum Gasteiger partial charge on any atom is 0.153 e. The van der Waals surface area contributed by atoms with Crippen molar-refractivity contribution in [2.75, 3.05) is 0 Å². The van der Waals surface area contributed by atoms with Crippen LogP contribution in [0.3, 0.4) is 0 Å². The summed E-state index contributed by atoms with van der Waals surface area (Å²) >= 11 is 6.19. The summed E-state index contributed by atoms with van der Waals surface area (Å²) in [5.74, 6) is 0. The lowest BCUT2D eigenvalue weighted by atomic mass is 10.0. The first-order valence-electron chi connectivity index (χ1n) is 6.49. The van der Waals surface area contributed by atoms with Gasteiger partial charge in [0.05, 0.1) is 5.02 Å². The highest BCUT2D eigenvalue weighted by molar-refractivity contribution is 6.35. The summed E-state index contributed by atoms with van der Waals surface area (Å²) in [5, 5.41) is 2.81. The summed E-state index contributed by atoms with van der Waals surface area (Å²) in [5.41, 5.74) is 3.96. The second kappa shape index (κ2) is 4.39. The monoisotopic (exact) mass is 278 g/mol. The third-order valence-electron chi connectivity index (χ3n) is 3.56. The smallest absolute Gasteiger partial charge is 0.153 e. The Kier molecular flexibility index (Phi) is 2.54. The van der Waals surface area contributed by atoms with E-state index in [0.717, 1.165) is 27.5 Å². The van der Waals surface area contributed by atoms with Crippen LogP contribution in [0.25, 0.3) is 33.1 Å². The van der Waals surface area contributed by atoms with Crippen LogP contribution in [0.2, 0.25) is 5.02 Å². The van der Waals surface area contributed by atoms with Crippen LogP contribution in [0.5, 0.6) is 0 Å². The molecule has 1 nitrogen and oxygen atoms in total. The van der Waals surface area contributed by atoms with Crippen LogP contribution in [0.4, 0.5) is 0 Å². The van der Waals surface area contributed by atoms with Gasteiger partial charge in [-0.3, -0.25) is 0 Å². The Morgan fingerprint density at radius 3 is 2.40 bits per heavy atom. The quantitative estimate of drug-likeness (QED) is 0.422. The Morgan fingerprint density at radius 1 is 0.700 bits per heavy atom.